The van der Waals surface area contributed by atoms with Crippen molar-refractivity contribution < 1.29 is 9.53 Å². The van der Waals surface area contributed by atoms with Crippen LogP contribution >= 0.6 is 0 Å². The molecule has 0 aliphatic rings. The van der Waals surface area contributed by atoms with Crippen molar-refractivity contribution in [3.63, 3.8) is 0 Å². The highest BCUT2D eigenvalue weighted by Crippen LogP contribution is 2.05. The molecule has 58 valence electrons. The average molecular weight is 152 g/mol. The molecule has 0 N–H and O–H groups in total. The smallest absolute Gasteiger partial charge is 0.216 e. The van der Waals surface area contributed by atoms with Gasteiger partial charge in [-0.2, -0.15) is 4.98 Å². The van der Waals surface area contributed by atoms with E-state index in [1.54, 1.807) is 6.92 Å². The number of hydrogen-bond acceptors (Lipinski definition) is 4. The SMILES string of the molecule is COc1cc(C=O)nc(C)n1. The van der Waals surface area contributed by atoms with E-state index in [4.69, 9.17) is 4.74 Å². The summed E-state index contributed by atoms with van der Waals surface area (Å²) in [5, 5.41) is 0. The minimum Gasteiger partial charge on any atom is -0.481 e. The molecule has 0 fully saturated rings. The van der Waals surface area contributed by atoms with Gasteiger partial charge >= 0.3 is 0 Å². The fourth-order valence-electron chi connectivity index (χ4n) is 0.727. The molecule has 0 aromatic carbocycles. The summed E-state index contributed by atoms with van der Waals surface area (Å²) < 4.78 is 4.83. The number of hydrogen-bond donors (Lipinski definition) is 0. The summed E-state index contributed by atoms with van der Waals surface area (Å²) in [5.74, 6) is 0.950. The third kappa shape index (κ3) is 1.73. The third-order valence-corrected chi connectivity index (χ3v) is 1.16. The summed E-state index contributed by atoms with van der Waals surface area (Å²) in [6, 6.07) is 1.49. The Bertz CT molecular complexity index is 273. The van der Waals surface area contributed by atoms with Crippen molar-refractivity contribution in [3.8, 4) is 5.88 Å². The molecule has 0 aliphatic heterocycles. The molecular weight excluding hydrogens is 144 g/mol. The Morgan fingerprint density at radius 1 is 1.55 bits per heavy atom. The van der Waals surface area contributed by atoms with E-state index in [2.05, 4.69) is 9.97 Å². The van der Waals surface area contributed by atoms with Crippen LogP contribution in [-0.2, 0) is 0 Å². The first-order valence-electron chi connectivity index (χ1n) is 3.11. The quantitative estimate of drug-likeness (QED) is 0.582. The predicted molar refractivity (Wildman–Crippen MR) is 38.7 cm³/mol. The summed E-state index contributed by atoms with van der Waals surface area (Å²) in [5.41, 5.74) is 0.342. The summed E-state index contributed by atoms with van der Waals surface area (Å²) in [6.45, 7) is 1.70. The van der Waals surface area contributed by atoms with Gasteiger partial charge in [0.15, 0.2) is 6.29 Å². The van der Waals surface area contributed by atoms with Crippen molar-refractivity contribution in [2.45, 2.75) is 6.92 Å². The Morgan fingerprint density at radius 3 is 2.82 bits per heavy atom. The number of rotatable bonds is 2. The van der Waals surface area contributed by atoms with Crippen molar-refractivity contribution in [3.05, 3.63) is 17.6 Å². The van der Waals surface area contributed by atoms with Gasteiger partial charge in [-0.3, -0.25) is 4.79 Å². The normalized spacial score (nSPS) is 9.27. The molecule has 0 spiro atoms. The van der Waals surface area contributed by atoms with E-state index >= 15 is 0 Å². The minimum absolute atomic E-state index is 0.342. The molecule has 0 aliphatic carbocycles. The second kappa shape index (κ2) is 3.09. The van der Waals surface area contributed by atoms with Gasteiger partial charge in [-0.25, -0.2) is 4.98 Å². The summed E-state index contributed by atoms with van der Waals surface area (Å²) >= 11 is 0. The molecule has 4 heteroatoms. The average Bonchev–Trinajstić information content (AvgIpc) is 2.03. The highest BCUT2D eigenvalue weighted by molar-refractivity contribution is 5.72. The van der Waals surface area contributed by atoms with Gasteiger partial charge in [-0.05, 0) is 6.92 Å². The number of aryl methyl sites for hydroxylation is 1. The number of nitrogens with zero attached hydrogens (tertiary/aromatic N) is 2. The zero-order valence-electron chi connectivity index (χ0n) is 6.37. The largest absolute Gasteiger partial charge is 0.481 e. The maximum Gasteiger partial charge on any atom is 0.216 e. The Balaban J connectivity index is 3.11. The lowest BCUT2D eigenvalue weighted by atomic mass is 10.4. The van der Waals surface area contributed by atoms with Crippen LogP contribution in [0.1, 0.15) is 16.3 Å². The number of ether oxygens (including phenoxy) is 1. The molecule has 1 heterocycles. The van der Waals surface area contributed by atoms with Crippen LogP contribution in [0, 0.1) is 6.92 Å². The number of carbonyl (C=O) groups is 1. The zero-order chi connectivity index (χ0) is 8.27. The van der Waals surface area contributed by atoms with Gasteiger partial charge in [0.25, 0.3) is 0 Å². The highest BCUT2D eigenvalue weighted by Gasteiger charge is 1.98. The van der Waals surface area contributed by atoms with Crippen LogP contribution in [0.25, 0.3) is 0 Å². The predicted octanol–water partition coefficient (Wildman–Crippen LogP) is 0.606. The number of carbonyl (C=O) groups excluding carboxylic acids is 1. The highest BCUT2D eigenvalue weighted by atomic mass is 16.5. The van der Waals surface area contributed by atoms with Crippen LogP contribution in [0.5, 0.6) is 5.88 Å². The summed E-state index contributed by atoms with van der Waals surface area (Å²) in [7, 11) is 1.50. The second-order valence-electron chi connectivity index (χ2n) is 2.00. The maximum atomic E-state index is 10.3. The Hall–Kier alpha value is -1.45. The van der Waals surface area contributed by atoms with Gasteiger partial charge in [-0.1, -0.05) is 0 Å². The topological polar surface area (TPSA) is 52.1 Å². The maximum absolute atomic E-state index is 10.3. The molecule has 11 heavy (non-hydrogen) atoms. The lowest BCUT2D eigenvalue weighted by molar-refractivity contribution is 0.111. The monoisotopic (exact) mass is 152 g/mol. The van der Waals surface area contributed by atoms with Crippen LogP contribution in [0.2, 0.25) is 0 Å². The molecule has 1 aromatic rings. The zero-order valence-corrected chi connectivity index (χ0v) is 6.37. The van der Waals surface area contributed by atoms with Gasteiger partial charge in [0.2, 0.25) is 5.88 Å². The molecule has 0 saturated heterocycles. The summed E-state index contributed by atoms with van der Waals surface area (Å²) in [6.07, 6.45) is 0.664. The fourth-order valence-corrected chi connectivity index (χ4v) is 0.727. The molecular formula is C7H8N2O2. The molecule has 1 aromatic heterocycles. The number of methoxy groups -OCH3 is 1. The molecule has 0 amide bonds. The van der Waals surface area contributed by atoms with Crippen molar-refractivity contribution in [1.29, 1.82) is 0 Å². The van der Waals surface area contributed by atoms with Crippen molar-refractivity contribution in [2.24, 2.45) is 0 Å². The van der Waals surface area contributed by atoms with Gasteiger partial charge in [0, 0.05) is 6.07 Å². The minimum atomic E-state index is 0.342. The van der Waals surface area contributed by atoms with Crippen LogP contribution < -0.4 is 4.74 Å². The lowest BCUT2D eigenvalue weighted by Gasteiger charge is -1.99. The van der Waals surface area contributed by atoms with Crippen LogP contribution in [0.4, 0.5) is 0 Å². The molecule has 0 bridgehead atoms. The van der Waals surface area contributed by atoms with Gasteiger partial charge in [0.1, 0.15) is 11.5 Å². The van der Waals surface area contributed by atoms with Gasteiger partial charge in [0.05, 0.1) is 7.11 Å². The van der Waals surface area contributed by atoms with Crippen molar-refractivity contribution in [2.75, 3.05) is 7.11 Å². The van der Waals surface area contributed by atoms with Crippen LogP contribution in [0.15, 0.2) is 6.07 Å². The van der Waals surface area contributed by atoms with E-state index in [9.17, 15) is 4.79 Å². The number of aromatic nitrogens is 2. The Kier molecular flexibility index (Phi) is 2.15. The van der Waals surface area contributed by atoms with Crippen LogP contribution in [-0.4, -0.2) is 23.4 Å². The molecule has 0 radical (unpaired) electrons. The van der Waals surface area contributed by atoms with Gasteiger partial charge < -0.3 is 4.74 Å². The fraction of sp³-hybridized carbons (Fsp3) is 0.286. The molecule has 1 rings (SSSR count). The second-order valence-corrected chi connectivity index (χ2v) is 2.00. The first kappa shape index (κ1) is 7.65. The first-order chi connectivity index (χ1) is 5.26. The third-order valence-electron chi connectivity index (χ3n) is 1.16. The molecule has 0 atom stereocenters. The van der Waals surface area contributed by atoms with Crippen LogP contribution in [0.3, 0.4) is 0 Å². The Labute approximate surface area is 64.2 Å². The lowest BCUT2D eigenvalue weighted by Crippen LogP contribution is -1.96. The van der Waals surface area contributed by atoms with E-state index in [-0.39, 0.29) is 0 Å². The van der Waals surface area contributed by atoms with E-state index in [0.717, 1.165) is 0 Å². The van der Waals surface area contributed by atoms with E-state index in [1.807, 2.05) is 0 Å². The van der Waals surface area contributed by atoms with Gasteiger partial charge in [-0.15, -0.1) is 0 Å². The van der Waals surface area contributed by atoms with Crippen molar-refractivity contribution >= 4 is 6.29 Å². The molecule has 0 unspecified atom stereocenters. The van der Waals surface area contributed by atoms with E-state index in [1.165, 1.54) is 13.2 Å². The number of aldehydes is 1. The van der Waals surface area contributed by atoms with E-state index in [0.29, 0.717) is 23.7 Å². The molecule has 4 nitrogen and oxygen atoms in total. The molecule has 0 saturated carbocycles. The Morgan fingerprint density at radius 2 is 2.27 bits per heavy atom. The first-order valence-corrected chi connectivity index (χ1v) is 3.11. The van der Waals surface area contributed by atoms with E-state index < -0.39 is 0 Å². The standard InChI is InChI=1S/C7H8N2O2/c1-5-8-6(4-10)3-7(9-5)11-2/h3-4H,1-2H3. The summed E-state index contributed by atoms with van der Waals surface area (Å²) in [4.78, 5) is 18.0. The van der Waals surface area contributed by atoms with Crippen molar-refractivity contribution in [1.82, 2.24) is 9.97 Å².